The zero-order valence-electron chi connectivity index (χ0n) is 11.9. The first-order valence-electron chi connectivity index (χ1n) is 7.29. The van der Waals surface area contributed by atoms with Gasteiger partial charge in [0.15, 0.2) is 0 Å². The normalized spacial score (nSPS) is 14.6. The van der Waals surface area contributed by atoms with Crippen molar-refractivity contribution in [2.45, 2.75) is 38.8 Å². The summed E-state index contributed by atoms with van der Waals surface area (Å²) in [5.74, 6) is 2.74. The lowest BCUT2D eigenvalue weighted by Gasteiger charge is -2.19. The van der Waals surface area contributed by atoms with Gasteiger partial charge in [-0.05, 0) is 43.5 Å². The van der Waals surface area contributed by atoms with Crippen LogP contribution in [0.25, 0.3) is 0 Å². The summed E-state index contributed by atoms with van der Waals surface area (Å²) in [5.41, 5.74) is 2.86. The van der Waals surface area contributed by atoms with Crippen molar-refractivity contribution in [3.05, 3.63) is 35.4 Å². The lowest BCUT2D eigenvalue weighted by molar-refractivity contribution is 0.315. The summed E-state index contributed by atoms with van der Waals surface area (Å²) in [5, 5.41) is 3.58. The Labute approximate surface area is 117 Å². The predicted molar refractivity (Wildman–Crippen MR) is 81.0 cm³/mol. The summed E-state index contributed by atoms with van der Waals surface area (Å²) >= 11 is 0. The van der Waals surface area contributed by atoms with E-state index in [1.807, 2.05) is 0 Å². The number of terminal acetylenes is 1. The number of benzene rings is 1. The average molecular weight is 256 g/mol. The molecule has 0 aliphatic heterocycles. The molecule has 1 N–H and O–H groups in total. The smallest absolute Gasteiger partial charge is 0.0601 e. The molecule has 1 aromatic carbocycles. The molecule has 0 atom stereocenters. The molecule has 0 heterocycles. The van der Waals surface area contributed by atoms with Gasteiger partial charge in [-0.25, -0.2) is 0 Å². The van der Waals surface area contributed by atoms with Gasteiger partial charge >= 0.3 is 0 Å². The van der Waals surface area contributed by atoms with Gasteiger partial charge in [-0.15, -0.1) is 6.42 Å². The molecule has 0 amide bonds. The lowest BCUT2D eigenvalue weighted by atomic mass is 10.0. The highest BCUT2D eigenvalue weighted by atomic mass is 15.1. The zero-order valence-corrected chi connectivity index (χ0v) is 11.9. The first-order valence-corrected chi connectivity index (χ1v) is 7.29. The van der Waals surface area contributed by atoms with Crippen molar-refractivity contribution in [3.8, 4) is 12.3 Å². The minimum Gasteiger partial charge on any atom is -0.314 e. The van der Waals surface area contributed by atoms with Crippen LogP contribution in [0.1, 0.15) is 30.9 Å². The van der Waals surface area contributed by atoms with Crippen LogP contribution in [-0.2, 0) is 13.0 Å². The van der Waals surface area contributed by atoms with E-state index < -0.39 is 0 Å². The highest BCUT2D eigenvalue weighted by molar-refractivity contribution is 5.27. The topological polar surface area (TPSA) is 15.3 Å². The van der Waals surface area contributed by atoms with Crippen molar-refractivity contribution in [2.24, 2.45) is 0 Å². The molecule has 0 radical (unpaired) electrons. The molecule has 2 rings (SSSR count). The largest absolute Gasteiger partial charge is 0.314 e. The summed E-state index contributed by atoms with van der Waals surface area (Å²) in [6.07, 6.45) is 9.24. The fourth-order valence-corrected chi connectivity index (χ4v) is 2.30. The van der Waals surface area contributed by atoms with Crippen LogP contribution >= 0.6 is 0 Å². The molecule has 19 heavy (non-hydrogen) atoms. The minimum absolute atomic E-state index is 0.727. The van der Waals surface area contributed by atoms with E-state index in [1.165, 1.54) is 24.0 Å². The van der Waals surface area contributed by atoms with Gasteiger partial charge in [-0.2, -0.15) is 0 Å². The van der Waals surface area contributed by atoms with Crippen LogP contribution in [0, 0.1) is 12.3 Å². The molecule has 0 aromatic heterocycles. The Morgan fingerprint density at radius 3 is 2.68 bits per heavy atom. The van der Waals surface area contributed by atoms with Crippen LogP contribution in [0.5, 0.6) is 0 Å². The van der Waals surface area contributed by atoms with Gasteiger partial charge in [-0.3, -0.25) is 4.90 Å². The molecule has 0 spiro atoms. The Kier molecular flexibility index (Phi) is 5.44. The van der Waals surface area contributed by atoms with Crippen molar-refractivity contribution in [2.75, 3.05) is 19.6 Å². The van der Waals surface area contributed by atoms with Crippen LogP contribution in [0.15, 0.2) is 24.3 Å². The van der Waals surface area contributed by atoms with E-state index in [9.17, 15) is 0 Å². The molecular weight excluding hydrogens is 232 g/mol. The SMILES string of the molecule is C#CCN(CC)Cc1ccccc1CCNC1CC1. The van der Waals surface area contributed by atoms with Gasteiger partial charge < -0.3 is 5.32 Å². The summed E-state index contributed by atoms with van der Waals surface area (Å²) < 4.78 is 0. The van der Waals surface area contributed by atoms with Crippen LogP contribution in [-0.4, -0.2) is 30.6 Å². The Morgan fingerprint density at radius 2 is 2.05 bits per heavy atom. The monoisotopic (exact) mass is 256 g/mol. The number of hydrogen-bond donors (Lipinski definition) is 1. The second-order valence-electron chi connectivity index (χ2n) is 5.25. The molecule has 1 aliphatic carbocycles. The first-order chi connectivity index (χ1) is 9.33. The molecule has 0 bridgehead atoms. The third kappa shape index (κ3) is 4.70. The van der Waals surface area contributed by atoms with Gasteiger partial charge in [0.05, 0.1) is 6.54 Å². The van der Waals surface area contributed by atoms with Gasteiger partial charge in [0, 0.05) is 12.6 Å². The molecule has 0 unspecified atom stereocenters. The van der Waals surface area contributed by atoms with E-state index in [1.54, 1.807) is 0 Å². The van der Waals surface area contributed by atoms with Crippen molar-refractivity contribution >= 4 is 0 Å². The molecule has 1 fully saturated rings. The van der Waals surface area contributed by atoms with Crippen molar-refractivity contribution < 1.29 is 0 Å². The summed E-state index contributed by atoms with van der Waals surface area (Å²) in [4.78, 5) is 2.30. The van der Waals surface area contributed by atoms with E-state index in [0.29, 0.717) is 0 Å². The molecule has 1 saturated carbocycles. The minimum atomic E-state index is 0.727. The van der Waals surface area contributed by atoms with Crippen LogP contribution < -0.4 is 5.32 Å². The standard InChI is InChI=1S/C17H24N2/c1-3-13-19(4-2)14-16-8-6-5-7-15(16)11-12-18-17-9-10-17/h1,5-8,17-18H,4,9-14H2,2H3. The fraction of sp³-hybridized carbons (Fsp3) is 0.529. The number of nitrogens with one attached hydrogen (secondary N) is 1. The average Bonchev–Trinajstić information content (AvgIpc) is 3.24. The van der Waals surface area contributed by atoms with E-state index in [-0.39, 0.29) is 0 Å². The van der Waals surface area contributed by atoms with Gasteiger partial charge in [0.25, 0.3) is 0 Å². The Balaban J connectivity index is 1.92. The molecule has 1 aromatic rings. The second-order valence-corrected chi connectivity index (χ2v) is 5.25. The van der Waals surface area contributed by atoms with E-state index in [2.05, 4.69) is 47.3 Å². The summed E-state index contributed by atoms with van der Waals surface area (Å²) in [6.45, 7) is 5.93. The van der Waals surface area contributed by atoms with Gasteiger partial charge in [-0.1, -0.05) is 37.1 Å². The highest BCUT2D eigenvalue weighted by Gasteiger charge is 2.19. The zero-order chi connectivity index (χ0) is 13.5. The highest BCUT2D eigenvalue weighted by Crippen LogP contribution is 2.19. The third-order valence-electron chi connectivity index (χ3n) is 3.68. The van der Waals surface area contributed by atoms with Crippen molar-refractivity contribution in [3.63, 3.8) is 0 Å². The molecule has 102 valence electrons. The van der Waals surface area contributed by atoms with Crippen LogP contribution in [0.2, 0.25) is 0 Å². The molecule has 2 nitrogen and oxygen atoms in total. The number of hydrogen-bond acceptors (Lipinski definition) is 2. The quantitative estimate of drug-likeness (QED) is 0.719. The van der Waals surface area contributed by atoms with Crippen LogP contribution in [0.3, 0.4) is 0 Å². The van der Waals surface area contributed by atoms with Gasteiger partial charge in [0.1, 0.15) is 0 Å². The summed E-state index contributed by atoms with van der Waals surface area (Å²) in [7, 11) is 0. The Morgan fingerprint density at radius 1 is 1.32 bits per heavy atom. The Hall–Kier alpha value is -1.30. The second kappa shape index (κ2) is 7.33. The molecular formula is C17H24N2. The molecule has 2 heteroatoms. The van der Waals surface area contributed by atoms with E-state index in [0.717, 1.165) is 38.6 Å². The van der Waals surface area contributed by atoms with Crippen molar-refractivity contribution in [1.82, 2.24) is 10.2 Å². The molecule has 0 saturated heterocycles. The third-order valence-corrected chi connectivity index (χ3v) is 3.68. The van der Waals surface area contributed by atoms with E-state index >= 15 is 0 Å². The molecule has 1 aliphatic rings. The lowest BCUT2D eigenvalue weighted by Crippen LogP contribution is -2.24. The maximum Gasteiger partial charge on any atom is 0.0601 e. The van der Waals surface area contributed by atoms with Crippen LogP contribution in [0.4, 0.5) is 0 Å². The Bertz CT molecular complexity index is 429. The van der Waals surface area contributed by atoms with Gasteiger partial charge in [0.2, 0.25) is 0 Å². The maximum absolute atomic E-state index is 5.42. The van der Waals surface area contributed by atoms with E-state index in [4.69, 9.17) is 6.42 Å². The predicted octanol–water partition coefficient (Wildman–Crippen LogP) is 2.44. The number of rotatable bonds is 8. The summed E-state index contributed by atoms with van der Waals surface area (Å²) in [6, 6.07) is 9.52. The first kappa shape index (κ1) is 14.1. The fourth-order valence-electron chi connectivity index (χ4n) is 2.30. The van der Waals surface area contributed by atoms with Crippen molar-refractivity contribution in [1.29, 1.82) is 0 Å². The number of nitrogens with zero attached hydrogens (tertiary/aromatic N) is 1. The maximum atomic E-state index is 5.42.